The van der Waals surface area contributed by atoms with Gasteiger partial charge in [-0.1, -0.05) is 6.07 Å². The van der Waals surface area contributed by atoms with Crippen molar-refractivity contribution in [3.63, 3.8) is 0 Å². The minimum Gasteiger partial charge on any atom is -0.494 e. The summed E-state index contributed by atoms with van der Waals surface area (Å²) in [5.74, 6) is 0.562. The summed E-state index contributed by atoms with van der Waals surface area (Å²) in [5, 5.41) is 2.00. The second-order valence-corrected chi connectivity index (χ2v) is 5.50. The number of amides is 1. The number of nitrogens with zero attached hydrogens (tertiary/aromatic N) is 1. The van der Waals surface area contributed by atoms with E-state index in [1.54, 1.807) is 41.5 Å². The number of benzene rings is 1. The van der Waals surface area contributed by atoms with E-state index in [9.17, 15) is 4.79 Å². The standard InChI is InChI=1S/C15H18N2O2S/c1-3-19-13-8-11(7-12(16)9-13)15(18)17(2)10-14-5-4-6-20-14/h4-9H,3,10,16H2,1-2H3. The number of ether oxygens (including phenoxy) is 1. The van der Waals surface area contributed by atoms with Gasteiger partial charge in [-0.15, -0.1) is 11.3 Å². The summed E-state index contributed by atoms with van der Waals surface area (Å²) >= 11 is 1.64. The van der Waals surface area contributed by atoms with Crippen LogP contribution in [0.25, 0.3) is 0 Å². The van der Waals surface area contributed by atoms with E-state index in [0.29, 0.717) is 30.2 Å². The second kappa shape index (κ2) is 6.43. The molecule has 20 heavy (non-hydrogen) atoms. The molecule has 0 aliphatic carbocycles. The summed E-state index contributed by atoms with van der Waals surface area (Å²) in [5.41, 5.74) is 6.89. The van der Waals surface area contributed by atoms with Crippen LogP contribution in [0.4, 0.5) is 5.69 Å². The van der Waals surface area contributed by atoms with Crippen molar-refractivity contribution in [2.24, 2.45) is 0 Å². The van der Waals surface area contributed by atoms with Gasteiger partial charge in [0.05, 0.1) is 13.2 Å². The Hall–Kier alpha value is -2.01. The number of carbonyl (C=O) groups is 1. The fourth-order valence-corrected chi connectivity index (χ4v) is 2.68. The third kappa shape index (κ3) is 3.51. The number of hydrogen-bond donors (Lipinski definition) is 1. The zero-order valence-electron chi connectivity index (χ0n) is 11.6. The number of hydrogen-bond acceptors (Lipinski definition) is 4. The van der Waals surface area contributed by atoms with Crippen LogP contribution in [-0.4, -0.2) is 24.5 Å². The molecule has 2 aromatic rings. The summed E-state index contributed by atoms with van der Waals surface area (Å²) in [7, 11) is 1.78. The lowest BCUT2D eigenvalue weighted by Crippen LogP contribution is -2.25. The van der Waals surface area contributed by atoms with Gasteiger partial charge in [0, 0.05) is 29.2 Å². The zero-order chi connectivity index (χ0) is 14.5. The van der Waals surface area contributed by atoms with Crippen LogP contribution in [-0.2, 0) is 6.54 Å². The topological polar surface area (TPSA) is 55.6 Å². The number of rotatable bonds is 5. The summed E-state index contributed by atoms with van der Waals surface area (Å²) < 4.78 is 5.41. The van der Waals surface area contributed by atoms with Crippen molar-refractivity contribution in [2.45, 2.75) is 13.5 Å². The molecule has 0 fully saturated rings. The van der Waals surface area contributed by atoms with Crippen molar-refractivity contribution >= 4 is 22.9 Å². The van der Waals surface area contributed by atoms with Crippen molar-refractivity contribution in [2.75, 3.05) is 19.4 Å². The molecule has 1 heterocycles. The van der Waals surface area contributed by atoms with Gasteiger partial charge in [-0.2, -0.15) is 0 Å². The molecule has 0 saturated carbocycles. The molecule has 0 aliphatic rings. The highest BCUT2D eigenvalue weighted by molar-refractivity contribution is 7.09. The Labute approximate surface area is 122 Å². The summed E-state index contributed by atoms with van der Waals surface area (Å²) in [4.78, 5) is 15.2. The van der Waals surface area contributed by atoms with Crippen LogP contribution < -0.4 is 10.5 Å². The van der Waals surface area contributed by atoms with Gasteiger partial charge < -0.3 is 15.4 Å². The van der Waals surface area contributed by atoms with Crippen molar-refractivity contribution in [1.29, 1.82) is 0 Å². The Kier molecular flexibility index (Phi) is 4.63. The molecule has 0 saturated heterocycles. The molecule has 1 aromatic heterocycles. The van der Waals surface area contributed by atoms with Crippen LogP contribution >= 0.6 is 11.3 Å². The first-order valence-corrected chi connectivity index (χ1v) is 7.29. The predicted molar refractivity (Wildman–Crippen MR) is 82.1 cm³/mol. The second-order valence-electron chi connectivity index (χ2n) is 4.46. The SMILES string of the molecule is CCOc1cc(N)cc(C(=O)N(C)Cc2cccs2)c1. The molecule has 106 valence electrons. The molecule has 0 aliphatic heterocycles. The average molecular weight is 290 g/mol. The van der Waals surface area contributed by atoms with Crippen LogP contribution in [0.1, 0.15) is 22.2 Å². The first-order valence-electron chi connectivity index (χ1n) is 6.41. The monoisotopic (exact) mass is 290 g/mol. The minimum absolute atomic E-state index is 0.0633. The molecule has 0 radical (unpaired) electrons. The summed E-state index contributed by atoms with van der Waals surface area (Å²) in [6, 6.07) is 9.12. The van der Waals surface area contributed by atoms with E-state index in [4.69, 9.17) is 10.5 Å². The van der Waals surface area contributed by atoms with Gasteiger partial charge in [0.15, 0.2) is 0 Å². The van der Waals surface area contributed by atoms with E-state index in [0.717, 1.165) is 4.88 Å². The van der Waals surface area contributed by atoms with E-state index in [1.807, 2.05) is 24.4 Å². The average Bonchev–Trinajstić information content (AvgIpc) is 2.90. The molecular weight excluding hydrogens is 272 g/mol. The maximum absolute atomic E-state index is 12.4. The van der Waals surface area contributed by atoms with Crippen molar-refractivity contribution in [1.82, 2.24) is 4.90 Å². The molecule has 1 aromatic carbocycles. The van der Waals surface area contributed by atoms with Gasteiger partial charge in [-0.05, 0) is 30.5 Å². The lowest BCUT2D eigenvalue weighted by atomic mass is 10.1. The molecular formula is C15H18N2O2S. The van der Waals surface area contributed by atoms with Crippen molar-refractivity contribution in [3.05, 3.63) is 46.2 Å². The van der Waals surface area contributed by atoms with Crippen molar-refractivity contribution in [3.8, 4) is 5.75 Å². The van der Waals surface area contributed by atoms with E-state index >= 15 is 0 Å². The van der Waals surface area contributed by atoms with Crippen LogP contribution in [0.15, 0.2) is 35.7 Å². The quantitative estimate of drug-likeness (QED) is 0.861. The van der Waals surface area contributed by atoms with Gasteiger partial charge in [0.2, 0.25) is 0 Å². The Balaban J connectivity index is 2.15. The van der Waals surface area contributed by atoms with Crippen LogP contribution in [0, 0.1) is 0 Å². The largest absolute Gasteiger partial charge is 0.494 e. The smallest absolute Gasteiger partial charge is 0.254 e. The van der Waals surface area contributed by atoms with Gasteiger partial charge in [-0.3, -0.25) is 4.79 Å². The maximum Gasteiger partial charge on any atom is 0.254 e. The molecule has 0 atom stereocenters. The Morgan fingerprint density at radius 1 is 1.40 bits per heavy atom. The molecule has 4 nitrogen and oxygen atoms in total. The Morgan fingerprint density at radius 2 is 2.20 bits per heavy atom. The highest BCUT2D eigenvalue weighted by Gasteiger charge is 2.14. The van der Waals surface area contributed by atoms with Gasteiger partial charge in [0.1, 0.15) is 5.75 Å². The lowest BCUT2D eigenvalue weighted by Gasteiger charge is -2.17. The minimum atomic E-state index is -0.0633. The summed E-state index contributed by atoms with van der Waals surface area (Å²) in [6.07, 6.45) is 0. The Morgan fingerprint density at radius 3 is 2.85 bits per heavy atom. The predicted octanol–water partition coefficient (Wildman–Crippen LogP) is 3.00. The van der Waals surface area contributed by atoms with Gasteiger partial charge >= 0.3 is 0 Å². The molecule has 2 rings (SSSR count). The molecule has 0 spiro atoms. The molecule has 0 bridgehead atoms. The van der Waals surface area contributed by atoms with Crippen molar-refractivity contribution < 1.29 is 9.53 Å². The van der Waals surface area contributed by atoms with Crippen LogP contribution in [0.3, 0.4) is 0 Å². The van der Waals surface area contributed by atoms with Gasteiger partial charge in [-0.25, -0.2) is 0 Å². The molecule has 1 amide bonds. The number of nitrogen functional groups attached to an aromatic ring is 1. The lowest BCUT2D eigenvalue weighted by molar-refractivity contribution is 0.0786. The van der Waals surface area contributed by atoms with E-state index in [1.165, 1.54) is 0 Å². The maximum atomic E-state index is 12.4. The molecule has 0 unspecified atom stereocenters. The highest BCUT2D eigenvalue weighted by atomic mass is 32.1. The number of anilines is 1. The Bertz CT molecular complexity index is 582. The third-order valence-electron chi connectivity index (χ3n) is 2.81. The highest BCUT2D eigenvalue weighted by Crippen LogP contribution is 2.21. The molecule has 2 N–H and O–H groups in total. The molecule has 5 heteroatoms. The van der Waals surface area contributed by atoms with E-state index < -0.39 is 0 Å². The third-order valence-corrected chi connectivity index (χ3v) is 3.67. The normalized spacial score (nSPS) is 10.3. The van der Waals surface area contributed by atoms with Gasteiger partial charge in [0.25, 0.3) is 5.91 Å². The first kappa shape index (κ1) is 14.4. The van der Waals surface area contributed by atoms with E-state index in [2.05, 4.69) is 0 Å². The van der Waals surface area contributed by atoms with Crippen LogP contribution in [0.2, 0.25) is 0 Å². The fourth-order valence-electron chi connectivity index (χ4n) is 1.92. The number of carbonyl (C=O) groups excluding carboxylic acids is 1. The zero-order valence-corrected chi connectivity index (χ0v) is 12.4. The number of thiophene rings is 1. The fraction of sp³-hybridized carbons (Fsp3) is 0.267. The van der Waals surface area contributed by atoms with E-state index in [-0.39, 0.29) is 5.91 Å². The van der Waals surface area contributed by atoms with Crippen LogP contribution in [0.5, 0.6) is 5.75 Å². The number of nitrogens with two attached hydrogens (primary N) is 1. The first-order chi connectivity index (χ1) is 9.60. The summed E-state index contributed by atoms with van der Waals surface area (Å²) in [6.45, 7) is 3.03.